The van der Waals surface area contributed by atoms with Gasteiger partial charge in [0.05, 0.1) is 13.2 Å². The van der Waals surface area contributed by atoms with E-state index in [1.54, 1.807) is 6.20 Å². The number of hydrogen-bond acceptors (Lipinski definition) is 4. The van der Waals surface area contributed by atoms with Gasteiger partial charge in [0, 0.05) is 44.6 Å². The van der Waals surface area contributed by atoms with Gasteiger partial charge in [0.25, 0.3) is 0 Å². The third-order valence-corrected chi connectivity index (χ3v) is 4.23. The average Bonchev–Trinajstić information content (AvgIpc) is 2.60. The van der Waals surface area contributed by atoms with Crippen molar-refractivity contribution in [2.45, 2.75) is 32.7 Å². The summed E-state index contributed by atoms with van der Waals surface area (Å²) in [5.74, 6) is 0.605. The first kappa shape index (κ1) is 18.7. The predicted octanol–water partition coefficient (Wildman–Crippen LogP) is 1.67. The molecular weight excluding hydrogens is 304 g/mol. The second-order valence-corrected chi connectivity index (χ2v) is 6.68. The molecule has 1 fully saturated rings. The normalized spacial score (nSPS) is 16.8. The number of ether oxygens (including phenoxy) is 1. The summed E-state index contributed by atoms with van der Waals surface area (Å²) < 4.78 is 5.43. The molecule has 1 saturated heterocycles. The molecule has 24 heavy (non-hydrogen) atoms. The Labute approximate surface area is 145 Å². The molecule has 0 spiro atoms. The van der Waals surface area contributed by atoms with Gasteiger partial charge in [-0.05, 0) is 30.4 Å². The van der Waals surface area contributed by atoms with Crippen molar-refractivity contribution in [1.82, 2.24) is 20.5 Å². The fraction of sp³-hybridized carbons (Fsp3) is 0.667. The smallest absolute Gasteiger partial charge is 0.314 e. The largest absolute Gasteiger partial charge is 0.379 e. The Kier molecular flexibility index (Phi) is 7.98. The number of rotatable bonds is 8. The highest BCUT2D eigenvalue weighted by Crippen LogP contribution is 2.12. The fourth-order valence-corrected chi connectivity index (χ4v) is 2.99. The van der Waals surface area contributed by atoms with Crippen LogP contribution in [0.5, 0.6) is 0 Å². The SMILES string of the molecule is CC(C)CC(CNC(=O)NCCc1cccnc1)N1CCOCC1. The van der Waals surface area contributed by atoms with Crippen molar-refractivity contribution in [1.29, 1.82) is 0 Å². The molecule has 0 bridgehead atoms. The Morgan fingerprint density at radius 3 is 2.79 bits per heavy atom. The highest BCUT2D eigenvalue weighted by molar-refractivity contribution is 5.73. The summed E-state index contributed by atoms with van der Waals surface area (Å²) in [6, 6.07) is 4.21. The second-order valence-electron chi connectivity index (χ2n) is 6.68. The molecule has 1 aliphatic rings. The third-order valence-electron chi connectivity index (χ3n) is 4.23. The number of morpholine rings is 1. The average molecular weight is 334 g/mol. The van der Waals surface area contributed by atoms with Gasteiger partial charge in [0.1, 0.15) is 0 Å². The molecule has 1 aromatic heterocycles. The van der Waals surface area contributed by atoms with E-state index in [1.807, 2.05) is 18.3 Å². The van der Waals surface area contributed by atoms with Crippen LogP contribution in [0.4, 0.5) is 4.79 Å². The number of hydrogen-bond donors (Lipinski definition) is 2. The van der Waals surface area contributed by atoms with Crippen LogP contribution in [0.25, 0.3) is 0 Å². The third kappa shape index (κ3) is 6.84. The van der Waals surface area contributed by atoms with E-state index in [1.165, 1.54) is 0 Å². The van der Waals surface area contributed by atoms with Gasteiger partial charge in [-0.3, -0.25) is 9.88 Å². The minimum atomic E-state index is -0.0964. The van der Waals surface area contributed by atoms with Gasteiger partial charge in [0.2, 0.25) is 0 Å². The molecule has 0 radical (unpaired) electrons. The maximum absolute atomic E-state index is 12.0. The molecule has 0 saturated carbocycles. The Morgan fingerprint density at radius 2 is 2.12 bits per heavy atom. The minimum Gasteiger partial charge on any atom is -0.379 e. The minimum absolute atomic E-state index is 0.0964. The van der Waals surface area contributed by atoms with Crippen LogP contribution in [0.15, 0.2) is 24.5 Å². The molecule has 2 N–H and O–H groups in total. The first-order valence-electron chi connectivity index (χ1n) is 8.87. The first-order valence-corrected chi connectivity index (χ1v) is 8.87. The van der Waals surface area contributed by atoms with Gasteiger partial charge < -0.3 is 15.4 Å². The Hall–Kier alpha value is -1.66. The van der Waals surface area contributed by atoms with E-state index >= 15 is 0 Å². The zero-order valence-electron chi connectivity index (χ0n) is 14.8. The van der Waals surface area contributed by atoms with E-state index < -0.39 is 0 Å². The molecule has 2 heterocycles. The number of nitrogens with one attached hydrogen (secondary N) is 2. The van der Waals surface area contributed by atoms with Crippen molar-refractivity contribution in [3.05, 3.63) is 30.1 Å². The van der Waals surface area contributed by atoms with Crippen molar-refractivity contribution in [3.63, 3.8) is 0 Å². The lowest BCUT2D eigenvalue weighted by molar-refractivity contribution is 0.0129. The zero-order chi connectivity index (χ0) is 17.2. The van der Waals surface area contributed by atoms with Crippen LogP contribution in [0.3, 0.4) is 0 Å². The number of urea groups is 1. The Bertz CT molecular complexity index is 475. The summed E-state index contributed by atoms with van der Waals surface area (Å²) in [6.45, 7) is 9.20. The predicted molar refractivity (Wildman–Crippen MR) is 95.0 cm³/mol. The molecule has 6 nitrogen and oxygen atoms in total. The number of pyridine rings is 1. The van der Waals surface area contributed by atoms with Crippen LogP contribution in [0.2, 0.25) is 0 Å². The maximum Gasteiger partial charge on any atom is 0.314 e. The quantitative estimate of drug-likeness (QED) is 0.759. The summed E-state index contributed by atoms with van der Waals surface area (Å²) in [5, 5.41) is 5.95. The van der Waals surface area contributed by atoms with Crippen molar-refractivity contribution < 1.29 is 9.53 Å². The van der Waals surface area contributed by atoms with Crippen LogP contribution in [0, 0.1) is 5.92 Å². The number of amides is 2. The van der Waals surface area contributed by atoms with E-state index in [9.17, 15) is 4.79 Å². The van der Waals surface area contributed by atoms with E-state index in [2.05, 4.69) is 34.4 Å². The van der Waals surface area contributed by atoms with Crippen molar-refractivity contribution in [2.24, 2.45) is 5.92 Å². The van der Waals surface area contributed by atoms with Crippen LogP contribution in [-0.4, -0.2) is 61.3 Å². The van der Waals surface area contributed by atoms with Gasteiger partial charge in [-0.1, -0.05) is 19.9 Å². The monoisotopic (exact) mass is 334 g/mol. The molecule has 6 heteroatoms. The summed E-state index contributed by atoms with van der Waals surface area (Å²) in [6.07, 6.45) is 5.46. The summed E-state index contributed by atoms with van der Waals surface area (Å²) in [7, 11) is 0. The van der Waals surface area contributed by atoms with Gasteiger partial charge in [-0.25, -0.2) is 4.79 Å². The molecule has 1 atom stereocenters. The maximum atomic E-state index is 12.0. The molecular formula is C18H30N4O2. The van der Waals surface area contributed by atoms with Crippen LogP contribution in [0.1, 0.15) is 25.8 Å². The lowest BCUT2D eigenvalue weighted by Gasteiger charge is -2.35. The molecule has 134 valence electrons. The Balaban J connectivity index is 1.70. The lowest BCUT2D eigenvalue weighted by atomic mass is 10.0. The van der Waals surface area contributed by atoms with Crippen LogP contribution < -0.4 is 10.6 Å². The van der Waals surface area contributed by atoms with E-state index in [0.29, 0.717) is 25.0 Å². The topological polar surface area (TPSA) is 66.5 Å². The van der Waals surface area contributed by atoms with E-state index in [0.717, 1.165) is 44.7 Å². The molecule has 1 aromatic rings. The molecule has 2 rings (SSSR count). The molecule has 1 aliphatic heterocycles. The summed E-state index contributed by atoms with van der Waals surface area (Å²) in [5.41, 5.74) is 1.13. The summed E-state index contributed by atoms with van der Waals surface area (Å²) >= 11 is 0. The molecule has 2 amide bonds. The highest BCUT2D eigenvalue weighted by Gasteiger charge is 2.22. The van der Waals surface area contributed by atoms with E-state index in [-0.39, 0.29) is 6.03 Å². The summed E-state index contributed by atoms with van der Waals surface area (Å²) in [4.78, 5) is 18.5. The van der Waals surface area contributed by atoms with E-state index in [4.69, 9.17) is 4.74 Å². The number of carbonyl (C=O) groups is 1. The molecule has 0 aromatic carbocycles. The Morgan fingerprint density at radius 1 is 1.33 bits per heavy atom. The van der Waals surface area contributed by atoms with Crippen molar-refractivity contribution >= 4 is 6.03 Å². The van der Waals surface area contributed by atoms with Crippen molar-refractivity contribution in [2.75, 3.05) is 39.4 Å². The standard InChI is InChI=1S/C18H30N4O2/c1-15(2)12-17(22-8-10-24-11-9-22)14-21-18(23)20-7-5-16-4-3-6-19-13-16/h3-4,6,13,15,17H,5,7-12,14H2,1-2H3,(H2,20,21,23). The number of carbonyl (C=O) groups excluding carboxylic acids is 1. The molecule has 1 unspecified atom stereocenters. The number of aromatic nitrogens is 1. The second kappa shape index (κ2) is 10.3. The molecule has 0 aliphatic carbocycles. The van der Waals surface area contributed by atoms with Gasteiger partial charge in [-0.15, -0.1) is 0 Å². The van der Waals surface area contributed by atoms with Crippen LogP contribution >= 0.6 is 0 Å². The fourth-order valence-electron chi connectivity index (χ4n) is 2.99. The highest BCUT2D eigenvalue weighted by atomic mass is 16.5. The zero-order valence-corrected chi connectivity index (χ0v) is 14.8. The van der Waals surface area contributed by atoms with Crippen LogP contribution in [-0.2, 0) is 11.2 Å². The lowest BCUT2D eigenvalue weighted by Crippen LogP contribution is -2.50. The van der Waals surface area contributed by atoms with Gasteiger partial charge >= 0.3 is 6.03 Å². The van der Waals surface area contributed by atoms with Crippen molar-refractivity contribution in [3.8, 4) is 0 Å². The van der Waals surface area contributed by atoms with Gasteiger partial charge in [-0.2, -0.15) is 0 Å². The van der Waals surface area contributed by atoms with Gasteiger partial charge in [0.15, 0.2) is 0 Å². The number of nitrogens with zero attached hydrogens (tertiary/aromatic N) is 2. The first-order chi connectivity index (χ1) is 11.6.